The van der Waals surface area contributed by atoms with Crippen LogP contribution in [-0.2, 0) is 4.79 Å². The Morgan fingerprint density at radius 3 is 2.33 bits per heavy atom. The third-order valence-corrected chi connectivity index (χ3v) is 7.38. The number of anilines is 2. The van der Waals surface area contributed by atoms with E-state index in [4.69, 9.17) is 20.4 Å². The number of halogens is 2. The number of aromatic nitrogens is 4. The molecule has 214 valence electrons. The van der Waals surface area contributed by atoms with Gasteiger partial charge in [-0.1, -0.05) is 18.2 Å². The number of hydrogen-bond donors (Lipinski definition) is 3. The lowest BCUT2D eigenvalue weighted by molar-refractivity contribution is -0.134. The second kappa shape index (κ2) is 14.0. The maximum absolute atomic E-state index is 12.7. The smallest absolute Gasteiger partial charge is 0.260 e. The number of para-hydroxylation sites is 1. The fourth-order valence-electron chi connectivity index (χ4n) is 5.13. The molecule has 0 radical (unpaired) electrons. The summed E-state index contributed by atoms with van der Waals surface area (Å²) >= 11 is 0. The zero-order chi connectivity index (χ0) is 25.8. The average molecular weight is 580 g/mol. The summed E-state index contributed by atoms with van der Waals surface area (Å²) in [6.07, 6.45) is 7.58. The largest absolute Gasteiger partial charge is 0.484 e. The first-order chi connectivity index (χ1) is 18.0. The number of fused-ring (bicyclic) bond motifs is 1. The van der Waals surface area contributed by atoms with Gasteiger partial charge in [0.05, 0.1) is 6.33 Å². The van der Waals surface area contributed by atoms with E-state index in [0.29, 0.717) is 36.9 Å². The molecule has 2 aromatic heterocycles. The molecule has 1 aliphatic carbocycles. The van der Waals surface area contributed by atoms with Gasteiger partial charge in [-0.05, 0) is 64.5 Å². The van der Waals surface area contributed by atoms with Gasteiger partial charge >= 0.3 is 0 Å². The summed E-state index contributed by atoms with van der Waals surface area (Å²) in [5.41, 5.74) is 7.70. The van der Waals surface area contributed by atoms with Gasteiger partial charge < -0.3 is 30.6 Å². The summed E-state index contributed by atoms with van der Waals surface area (Å²) in [6.45, 7) is 5.66. The van der Waals surface area contributed by atoms with Gasteiger partial charge in [0, 0.05) is 37.3 Å². The second-order valence-electron chi connectivity index (χ2n) is 10.5. The fourth-order valence-corrected chi connectivity index (χ4v) is 5.13. The van der Waals surface area contributed by atoms with Crippen molar-refractivity contribution in [2.75, 3.05) is 30.3 Å². The Morgan fingerprint density at radius 1 is 1.00 bits per heavy atom. The molecule has 12 heteroatoms. The Hall–Kier alpha value is -2.82. The summed E-state index contributed by atoms with van der Waals surface area (Å²) in [4.78, 5) is 28.9. The van der Waals surface area contributed by atoms with Crippen LogP contribution in [0, 0.1) is 0 Å². The van der Waals surface area contributed by atoms with E-state index in [9.17, 15) is 4.79 Å². The summed E-state index contributed by atoms with van der Waals surface area (Å²) < 4.78 is 7.73. The molecule has 2 fully saturated rings. The van der Waals surface area contributed by atoms with Crippen LogP contribution < -0.4 is 21.1 Å². The number of nitrogens with two attached hydrogens (primary N) is 1. The van der Waals surface area contributed by atoms with Crippen molar-refractivity contribution >= 4 is 53.7 Å². The molecular formula is C27H40Cl2N8O2. The van der Waals surface area contributed by atoms with Crippen molar-refractivity contribution in [2.24, 2.45) is 5.73 Å². The van der Waals surface area contributed by atoms with Crippen molar-refractivity contribution in [1.29, 1.82) is 0 Å². The molecule has 2 aliphatic rings. The van der Waals surface area contributed by atoms with E-state index < -0.39 is 0 Å². The van der Waals surface area contributed by atoms with Gasteiger partial charge in [0.2, 0.25) is 5.95 Å². The minimum atomic E-state index is 0. The lowest BCUT2D eigenvalue weighted by Crippen LogP contribution is -2.44. The number of likely N-dealkylation sites (tertiary alicyclic amines) is 1. The van der Waals surface area contributed by atoms with Crippen LogP contribution >= 0.6 is 24.8 Å². The fraction of sp³-hybridized carbons (Fsp3) is 0.556. The normalized spacial score (nSPS) is 19.7. The molecule has 1 amide bonds. The van der Waals surface area contributed by atoms with E-state index in [-0.39, 0.29) is 49.4 Å². The first kappa shape index (κ1) is 30.7. The Balaban J connectivity index is 0.00000210. The number of hydrogen-bond acceptors (Lipinski definition) is 8. The molecule has 1 aliphatic heterocycles. The highest BCUT2D eigenvalue weighted by molar-refractivity contribution is 5.86. The molecule has 1 saturated carbocycles. The standard InChI is InChI=1S/C27H38N8O2.2ClH/c1-18(2)35-17-29-24-25(32-27(33-26(24)35)31-20-10-8-19(28)9-11-20)30-21-12-14-34(15-13-21)23(36)16-37-22-6-4-3-5-7-22;;/h3-7,17-21H,8-16,28H2,1-2H3,(H2,30,31,32,33);2*1H. The molecule has 0 bridgehead atoms. The topological polar surface area (TPSA) is 123 Å². The Kier molecular flexibility index (Phi) is 11.0. The van der Waals surface area contributed by atoms with Crippen LogP contribution in [0.1, 0.15) is 58.4 Å². The molecule has 3 aromatic rings. The van der Waals surface area contributed by atoms with Crippen molar-refractivity contribution < 1.29 is 9.53 Å². The van der Waals surface area contributed by atoms with Crippen LogP contribution in [0.5, 0.6) is 5.75 Å². The van der Waals surface area contributed by atoms with E-state index >= 15 is 0 Å². The number of carbonyl (C=O) groups excluding carboxylic acids is 1. The molecule has 0 atom stereocenters. The molecule has 1 aromatic carbocycles. The van der Waals surface area contributed by atoms with Gasteiger partial charge in [0.15, 0.2) is 23.6 Å². The third-order valence-electron chi connectivity index (χ3n) is 7.38. The Labute approximate surface area is 242 Å². The number of carbonyl (C=O) groups is 1. The first-order valence-electron chi connectivity index (χ1n) is 13.4. The predicted molar refractivity (Wildman–Crippen MR) is 159 cm³/mol. The molecule has 0 spiro atoms. The van der Waals surface area contributed by atoms with E-state index in [1.165, 1.54) is 0 Å². The van der Waals surface area contributed by atoms with Gasteiger partial charge in [0.25, 0.3) is 5.91 Å². The molecule has 0 unspecified atom stereocenters. The number of nitrogens with one attached hydrogen (secondary N) is 2. The molecule has 1 saturated heterocycles. The minimum Gasteiger partial charge on any atom is -0.484 e. The number of benzene rings is 1. The van der Waals surface area contributed by atoms with Crippen LogP contribution in [-0.4, -0.2) is 68.1 Å². The van der Waals surface area contributed by atoms with Crippen molar-refractivity contribution in [2.45, 2.75) is 76.5 Å². The highest BCUT2D eigenvalue weighted by atomic mass is 35.5. The van der Waals surface area contributed by atoms with Crippen molar-refractivity contribution in [3.63, 3.8) is 0 Å². The van der Waals surface area contributed by atoms with Crippen molar-refractivity contribution in [3.05, 3.63) is 36.7 Å². The van der Waals surface area contributed by atoms with Crippen LogP contribution in [0.4, 0.5) is 11.8 Å². The van der Waals surface area contributed by atoms with E-state index in [2.05, 4.69) is 34.0 Å². The second-order valence-corrected chi connectivity index (χ2v) is 10.5. The zero-order valence-corrected chi connectivity index (χ0v) is 24.2. The number of nitrogens with zero attached hydrogens (tertiary/aromatic N) is 5. The van der Waals surface area contributed by atoms with Gasteiger partial charge in [-0.2, -0.15) is 9.97 Å². The summed E-state index contributed by atoms with van der Waals surface area (Å²) in [5, 5.41) is 7.17. The molecule has 10 nitrogen and oxygen atoms in total. The number of piperidine rings is 1. The summed E-state index contributed by atoms with van der Waals surface area (Å²) in [5.74, 6) is 2.10. The number of ether oxygens (including phenoxy) is 1. The third kappa shape index (κ3) is 7.64. The predicted octanol–water partition coefficient (Wildman–Crippen LogP) is 4.41. The lowest BCUT2D eigenvalue weighted by atomic mass is 9.92. The SMILES string of the molecule is CC(C)n1cnc2c(NC3CCN(C(=O)COc4ccccc4)CC3)nc(NC3CCC(N)CC3)nc21.Cl.Cl. The van der Waals surface area contributed by atoms with E-state index in [1.54, 1.807) is 0 Å². The van der Waals surface area contributed by atoms with Gasteiger partial charge in [-0.25, -0.2) is 4.98 Å². The maximum atomic E-state index is 12.7. The molecular weight excluding hydrogens is 539 g/mol. The van der Waals surface area contributed by atoms with Crippen LogP contribution in [0.3, 0.4) is 0 Å². The quantitative estimate of drug-likeness (QED) is 0.359. The Morgan fingerprint density at radius 2 is 1.67 bits per heavy atom. The first-order valence-corrected chi connectivity index (χ1v) is 13.4. The number of rotatable bonds is 8. The summed E-state index contributed by atoms with van der Waals surface area (Å²) in [7, 11) is 0. The monoisotopic (exact) mass is 578 g/mol. The zero-order valence-electron chi connectivity index (χ0n) is 22.6. The van der Waals surface area contributed by atoms with Crippen LogP contribution in [0.2, 0.25) is 0 Å². The highest BCUT2D eigenvalue weighted by Gasteiger charge is 2.26. The highest BCUT2D eigenvalue weighted by Crippen LogP contribution is 2.27. The number of imidazole rings is 1. The molecule has 39 heavy (non-hydrogen) atoms. The maximum Gasteiger partial charge on any atom is 0.260 e. The van der Waals surface area contributed by atoms with Gasteiger partial charge in [0.1, 0.15) is 5.75 Å². The van der Waals surface area contributed by atoms with E-state index in [0.717, 1.165) is 55.5 Å². The average Bonchev–Trinajstić information content (AvgIpc) is 3.34. The van der Waals surface area contributed by atoms with E-state index in [1.807, 2.05) is 41.6 Å². The molecule has 4 N–H and O–H groups in total. The molecule has 3 heterocycles. The Bertz CT molecular complexity index is 1190. The lowest BCUT2D eigenvalue weighted by Gasteiger charge is -2.32. The van der Waals surface area contributed by atoms with Crippen LogP contribution in [0.15, 0.2) is 36.7 Å². The van der Waals surface area contributed by atoms with Gasteiger partial charge in [-0.15, -0.1) is 24.8 Å². The van der Waals surface area contributed by atoms with Crippen LogP contribution in [0.25, 0.3) is 11.2 Å². The molecule has 5 rings (SSSR count). The van der Waals surface area contributed by atoms with Gasteiger partial charge in [-0.3, -0.25) is 4.79 Å². The number of amides is 1. The summed E-state index contributed by atoms with van der Waals surface area (Å²) in [6, 6.07) is 10.5. The minimum absolute atomic E-state index is 0. The van der Waals surface area contributed by atoms with Crippen molar-refractivity contribution in [3.8, 4) is 5.75 Å². The van der Waals surface area contributed by atoms with Crippen molar-refractivity contribution in [1.82, 2.24) is 24.4 Å².